The largest absolute Gasteiger partial charge is 0.327 e. The Kier molecular flexibility index (Phi) is 4.12. The van der Waals surface area contributed by atoms with Crippen molar-refractivity contribution in [1.82, 2.24) is 0 Å². The summed E-state index contributed by atoms with van der Waals surface area (Å²) in [4.78, 5) is 0. The Hall–Kier alpha value is -0.410. The summed E-state index contributed by atoms with van der Waals surface area (Å²) in [6.07, 6.45) is 4.46. The van der Waals surface area contributed by atoms with Crippen LogP contribution in [0.3, 0.4) is 0 Å². The maximum atomic E-state index is 13.3. The van der Waals surface area contributed by atoms with E-state index in [1.54, 1.807) is 6.07 Å². The third kappa shape index (κ3) is 3.12. The van der Waals surface area contributed by atoms with E-state index in [1.807, 2.05) is 6.07 Å². The Labute approximate surface area is 117 Å². The van der Waals surface area contributed by atoms with E-state index in [-0.39, 0.29) is 11.9 Å². The molecule has 1 saturated carbocycles. The van der Waals surface area contributed by atoms with Crippen LogP contribution >= 0.6 is 15.9 Å². The van der Waals surface area contributed by atoms with Gasteiger partial charge in [0.25, 0.3) is 0 Å². The van der Waals surface area contributed by atoms with Crippen molar-refractivity contribution in [2.24, 2.45) is 17.1 Å². The number of nitrogens with two attached hydrogens (primary N) is 1. The Morgan fingerprint density at radius 2 is 2.17 bits per heavy atom. The minimum absolute atomic E-state index is 0.121. The number of hydrogen-bond donors (Lipinski definition) is 1. The van der Waals surface area contributed by atoms with Crippen LogP contribution in [0.1, 0.15) is 38.7 Å². The molecular weight excluding hydrogens is 293 g/mol. The summed E-state index contributed by atoms with van der Waals surface area (Å²) in [5.74, 6) is 0.344. The lowest BCUT2D eigenvalue weighted by atomic mass is 9.76. The molecule has 0 aromatic heterocycles. The molecule has 2 rings (SSSR count). The van der Waals surface area contributed by atoms with Gasteiger partial charge >= 0.3 is 0 Å². The van der Waals surface area contributed by atoms with Crippen molar-refractivity contribution in [3.05, 3.63) is 34.1 Å². The maximum Gasteiger partial charge on any atom is 0.124 e. The lowest BCUT2D eigenvalue weighted by Crippen LogP contribution is -2.38. The van der Waals surface area contributed by atoms with Crippen LogP contribution in [0.25, 0.3) is 0 Å². The van der Waals surface area contributed by atoms with Crippen molar-refractivity contribution in [3.8, 4) is 0 Å². The minimum Gasteiger partial charge on any atom is -0.327 e. The summed E-state index contributed by atoms with van der Waals surface area (Å²) in [5, 5.41) is 0. The molecule has 1 fully saturated rings. The third-order valence-electron chi connectivity index (χ3n) is 4.25. The second-order valence-corrected chi connectivity index (χ2v) is 7.05. The summed E-state index contributed by atoms with van der Waals surface area (Å²) in [7, 11) is 0. The van der Waals surface area contributed by atoms with Crippen LogP contribution < -0.4 is 5.73 Å². The molecule has 0 aliphatic heterocycles. The van der Waals surface area contributed by atoms with Gasteiger partial charge in [0.1, 0.15) is 5.82 Å². The van der Waals surface area contributed by atoms with Crippen LogP contribution in [0.4, 0.5) is 4.39 Å². The molecule has 18 heavy (non-hydrogen) atoms. The van der Waals surface area contributed by atoms with Crippen LogP contribution in [0.15, 0.2) is 22.7 Å². The summed E-state index contributed by atoms with van der Waals surface area (Å²) >= 11 is 3.33. The van der Waals surface area contributed by atoms with E-state index >= 15 is 0 Å². The first-order chi connectivity index (χ1) is 8.38. The Morgan fingerprint density at radius 1 is 1.44 bits per heavy atom. The highest BCUT2D eigenvalue weighted by Crippen LogP contribution is 2.44. The van der Waals surface area contributed by atoms with E-state index in [0.29, 0.717) is 11.3 Å². The predicted molar refractivity (Wildman–Crippen MR) is 76.9 cm³/mol. The van der Waals surface area contributed by atoms with E-state index in [9.17, 15) is 4.39 Å². The highest BCUT2D eigenvalue weighted by atomic mass is 79.9. The number of benzene rings is 1. The predicted octanol–water partition coefficient (Wildman–Crippen LogP) is 4.28. The van der Waals surface area contributed by atoms with Crippen molar-refractivity contribution in [1.29, 1.82) is 0 Å². The van der Waals surface area contributed by atoms with Crippen molar-refractivity contribution in [2.45, 2.75) is 45.6 Å². The third-order valence-corrected chi connectivity index (χ3v) is 4.71. The lowest BCUT2D eigenvalue weighted by molar-refractivity contribution is 0.220. The number of halogens is 2. The molecule has 2 unspecified atom stereocenters. The zero-order chi connectivity index (χ0) is 13.3. The molecule has 0 saturated heterocycles. The van der Waals surface area contributed by atoms with Gasteiger partial charge in [-0.15, -0.1) is 0 Å². The van der Waals surface area contributed by atoms with E-state index in [0.717, 1.165) is 16.5 Å². The molecular formula is C15H21BrFN. The van der Waals surface area contributed by atoms with Gasteiger partial charge in [0.05, 0.1) is 0 Å². The standard InChI is InChI=1S/C15H21BrFN/c1-15(2)5-3-4-13(15)14(18)8-10-6-11(16)9-12(17)7-10/h6-7,9,13-14H,3-5,8,18H2,1-2H3. The molecule has 0 radical (unpaired) electrons. The second kappa shape index (κ2) is 5.30. The van der Waals surface area contributed by atoms with Gasteiger partial charge in [-0.1, -0.05) is 36.2 Å². The summed E-state index contributed by atoms with van der Waals surface area (Å²) in [6.45, 7) is 4.60. The lowest BCUT2D eigenvalue weighted by Gasteiger charge is -2.32. The normalized spacial score (nSPS) is 24.2. The first kappa shape index (κ1) is 14.0. The molecule has 1 nitrogen and oxygen atoms in total. The molecule has 1 aliphatic rings. The molecule has 1 aromatic carbocycles. The van der Waals surface area contributed by atoms with Gasteiger partial charge in [-0.3, -0.25) is 0 Å². The molecule has 0 heterocycles. The van der Waals surface area contributed by atoms with Crippen LogP contribution in [0.2, 0.25) is 0 Å². The molecule has 2 N–H and O–H groups in total. The van der Waals surface area contributed by atoms with Gasteiger partial charge in [0.15, 0.2) is 0 Å². The quantitative estimate of drug-likeness (QED) is 0.885. The topological polar surface area (TPSA) is 26.0 Å². The molecule has 3 heteroatoms. The molecule has 0 amide bonds. The van der Waals surface area contributed by atoms with E-state index in [2.05, 4.69) is 29.8 Å². The molecule has 1 aromatic rings. The van der Waals surface area contributed by atoms with Crippen molar-refractivity contribution < 1.29 is 4.39 Å². The smallest absolute Gasteiger partial charge is 0.124 e. The molecule has 100 valence electrons. The number of rotatable bonds is 3. The van der Waals surface area contributed by atoms with Gasteiger partial charge < -0.3 is 5.73 Å². The Balaban J connectivity index is 2.09. The average Bonchev–Trinajstić information content (AvgIpc) is 2.56. The summed E-state index contributed by atoms with van der Waals surface area (Å²) < 4.78 is 14.1. The van der Waals surface area contributed by atoms with Gasteiger partial charge in [0, 0.05) is 10.5 Å². The Bertz CT molecular complexity index is 410. The molecule has 1 aliphatic carbocycles. The average molecular weight is 314 g/mol. The Morgan fingerprint density at radius 3 is 2.72 bits per heavy atom. The van der Waals surface area contributed by atoms with E-state index < -0.39 is 0 Å². The zero-order valence-corrected chi connectivity index (χ0v) is 12.6. The fourth-order valence-electron chi connectivity index (χ4n) is 3.29. The zero-order valence-electron chi connectivity index (χ0n) is 11.0. The van der Waals surface area contributed by atoms with E-state index in [1.165, 1.54) is 25.3 Å². The van der Waals surface area contributed by atoms with Gasteiger partial charge in [0.2, 0.25) is 0 Å². The second-order valence-electron chi connectivity index (χ2n) is 6.13. The van der Waals surface area contributed by atoms with Gasteiger partial charge in [-0.25, -0.2) is 4.39 Å². The first-order valence-corrected chi connectivity index (χ1v) is 7.38. The van der Waals surface area contributed by atoms with Crippen molar-refractivity contribution >= 4 is 15.9 Å². The molecule has 0 bridgehead atoms. The van der Waals surface area contributed by atoms with Crippen molar-refractivity contribution in [3.63, 3.8) is 0 Å². The first-order valence-electron chi connectivity index (χ1n) is 6.59. The highest BCUT2D eigenvalue weighted by molar-refractivity contribution is 9.10. The van der Waals surface area contributed by atoms with Crippen LogP contribution in [-0.4, -0.2) is 6.04 Å². The van der Waals surface area contributed by atoms with Gasteiger partial charge in [-0.05, 0) is 54.4 Å². The SMILES string of the molecule is CC1(C)CCCC1C(N)Cc1cc(F)cc(Br)c1. The maximum absolute atomic E-state index is 13.3. The molecule has 2 atom stereocenters. The number of hydrogen-bond acceptors (Lipinski definition) is 1. The van der Waals surface area contributed by atoms with Gasteiger partial charge in [-0.2, -0.15) is 0 Å². The fourth-order valence-corrected chi connectivity index (χ4v) is 3.80. The fraction of sp³-hybridized carbons (Fsp3) is 0.600. The van der Waals surface area contributed by atoms with Crippen LogP contribution in [0.5, 0.6) is 0 Å². The monoisotopic (exact) mass is 313 g/mol. The summed E-state index contributed by atoms with van der Waals surface area (Å²) in [5.41, 5.74) is 7.66. The molecule has 0 spiro atoms. The van der Waals surface area contributed by atoms with Crippen LogP contribution in [0, 0.1) is 17.2 Å². The van der Waals surface area contributed by atoms with Crippen molar-refractivity contribution in [2.75, 3.05) is 0 Å². The summed E-state index contributed by atoms with van der Waals surface area (Å²) in [6, 6.07) is 5.16. The highest BCUT2D eigenvalue weighted by Gasteiger charge is 2.37. The minimum atomic E-state index is -0.197. The van der Waals surface area contributed by atoms with Crippen LogP contribution in [-0.2, 0) is 6.42 Å². The van der Waals surface area contributed by atoms with E-state index in [4.69, 9.17) is 5.73 Å².